The predicted molar refractivity (Wildman–Crippen MR) is 117 cm³/mol. The number of unbranched alkanes of at least 4 members (excludes halogenated alkanes) is 1. The molecule has 0 unspecified atom stereocenters. The zero-order valence-electron chi connectivity index (χ0n) is 18.0. The summed E-state index contributed by atoms with van der Waals surface area (Å²) < 4.78 is 10.1. The van der Waals surface area contributed by atoms with Crippen LogP contribution < -0.4 is 10.6 Å². The van der Waals surface area contributed by atoms with Crippen LogP contribution in [0.25, 0.3) is 0 Å². The molecule has 0 radical (unpaired) electrons. The van der Waals surface area contributed by atoms with E-state index >= 15 is 0 Å². The number of hydrogen-bond acceptors (Lipinski definition) is 5. The van der Waals surface area contributed by atoms with Crippen molar-refractivity contribution in [3.05, 3.63) is 71.8 Å². The number of rotatable bonds is 11. The lowest BCUT2D eigenvalue weighted by molar-refractivity contribution is -0.145. The molecule has 2 rings (SSSR count). The number of carbonyl (C=O) groups is 3. The van der Waals surface area contributed by atoms with Crippen molar-refractivity contribution in [1.29, 1.82) is 0 Å². The number of hydrogen-bond donors (Lipinski definition) is 2. The predicted octanol–water partition coefficient (Wildman–Crippen LogP) is 3.37. The number of amides is 2. The highest BCUT2D eigenvalue weighted by Crippen LogP contribution is 2.08. The lowest BCUT2D eigenvalue weighted by atomic mass is 10.0. The van der Waals surface area contributed by atoms with Crippen LogP contribution in [0, 0.1) is 0 Å². The minimum atomic E-state index is -0.855. The summed E-state index contributed by atoms with van der Waals surface area (Å²) in [7, 11) is 1.28. The van der Waals surface area contributed by atoms with Crippen LogP contribution in [0.1, 0.15) is 37.3 Å². The normalized spacial score (nSPS) is 12.3. The van der Waals surface area contributed by atoms with E-state index in [1.807, 2.05) is 67.6 Å². The number of carbonyl (C=O) groups excluding carboxylic acids is 3. The molecule has 2 N–H and O–H groups in total. The average Bonchev–Trinajstić information content (AvgIpc) is 2.80. The Balaban J connectivity index is 1.99. The molecule has 0 aliphatic carbocycles. The zero-order valence-corrected chi connectivity index (χ0v) is 18.0. The largest absolute Gasteiger partial charge is 0.467 e. The summed E-state index contributed by atoms with van der Waals surface area (Å²) in [5.74, 6) is -0.991. The van der Waals surface area contributed by atoms with E-state index in [9.17, 15) is 14.4 Å². The van der Waals surface area contributed by atoms with Crippen LogP contribution in [0.5, 0.6) is 0 Å². The van der Waals surface area contributed by atoms with Gasteiger partial charge < -0.3 is 20.1 Å². The molecule has 7 heteroatoms. The Hall–Kier alpha value is -3.35. The molecule has 0 fully saturated rings. The van der Waals surface area contributed by atoms with Crippen molar-refractivity contribution in [2.45, 2.75) is 51.3 Å². The molecule has 0 saturated heterocycles. The fraction of sp³-hybridized carbons (Fsp3) is 0.375. The zero-order chi connectivity index (χ0) is 22.5. The van der Waals surface area contributed by atoms with Crippen molar-refractivity contribution in [1.82, 2.24) is 10.6 Å². The lowest BCUT2D eigenvalue weighted by Gasteiger charge is -2.22. The maximum Gasteiger partial charge on any atom is 0.408 e. The van der Waals surface area contributed by atoms with E-state index in [4.69, 9.17) is 9.47 Å². The van der Waals surface area contributed by atoms with E-state index in [1.165, 1.54) is 7.11 Å². The molecule has 0 bridgehead atoms. The monoisotopic (exact) mass is 426 g/mol. The number of methoxy groups -OCH3 is 1. The van der Waals surface area contributed by atoms with E-state index in [-0.39, 0.29) is 13.0 Å². The van der Waals surface area contributed by atoms with Crippen molar-refractivity contribution < 1.29 is 23.9 Å². The van der Waals surface area contributed by atoms with Crippen LogP contribution in [0.4, 0.5) is 4.79 Å². The Morgan fingerprint density at radius 2 is 1.48 bits per heavy atom. The second-order valence-corrected chi connectivity index (χ2v) is 7.17. The molecule has 31 heavy (non-hydrogen) atoms. The molecule has 2 aromatic carbocycles. The third-order valence-electron chi connectivity index (χ3n) is 4.75. The highest BCUT2D eigenvalue weighted by molar-refractivity contribution is 5.89. The van der Waals surface area contributed by atoms with Crippen LogP contribution in [0.2, 0.25) is 0 Å². The minimum Gasteiger partial charge on any atom is -0.467 e. The van der Waals surface area contributed by atoms with Gasteiger partial charge in [0.05, 0.1) is 7.11 Å². The van der Waals surface area contributed by atoms with Crippen LogP contribution >= 0.6 is 0 Å². The number of nitrogens with one attached hydrogen (secondary N) is 2. The molecular formula is C24H30N2O5. The van der Waals surface area contributed by atoms with E-state index in [1.54, 1.807) is 0 Å². The van der Waals surface area contributed by atoms with E-state index in [2.05, 4.69) is 10.6 Å². The quantitative estimate of drug-likeness (QED) is 0.538. The molecule has 0 heterocycles. The van der Waals surface area contributed by atoms with Gasteiger partial charge in [-0.15, -0.1) is 0 Å². The summed E-state index contributed by atoms with van der Waals surface area (Å²) in [6, 6.07) is 16.9. The van der Waals surface area contributed by atoms with Crippen molar-refractivity contribution in [2.75, 3.05) is 7.11 Å². The van der Waals surface area contributed by atoms with E-state index in [0.717, 1.165) is 24.0 Å². The minimum absolute atomic E-state index is 0.105. The van der Waals surface area contributed by atoms with Gasteiger partial charge in [-0.3, -0.25) is 4.79 Å². The first-order valence-corrected chi connectivity index (χ1v) is 10.4. The van der Waals surface area contributed by atoms with Gasteiger partial charge in [-0.1, -0.05) is 80.4 Å². The Labute approximate surface area is 183 Å². The molecule has 0 saturated carbocycles. The molecule has 2 aromatic rings. The number of ether oxygens (including phenoxy) is 2. The fourth-order valence-corrected chi connectivity index (χ4v) is 3.04. The van der Waals surface area contributed by atoms with Gasteiger partial charge >= 0.3 is 12.1 Å². The third kappa shape index (κ3) is 8.50. The Morgan fingerprint density at radius 3 is 2.06 bits per heavy atom. The summed E-state index contributed by atoms with van der Waals surface area (Å²) in [4.78, 5) is 37.4. The molecule has 0 aliphatic heterocycles. The van der Waals surface area contributed by atoms with Crippen molar-refractivity contribution in [3.63, 3.8) is 0 Å². The molecule has 166 valence electrons. The van der Waals surface area contributed by atoms with Gasteiger partial charge in [-0.2, -0.15) is 0 Å². The Morgan fingerprint density at radius 1 is 0.871 bits per heavy atom. The topological polar surface area (TPSA) is 93.7 Å². The first-order valence-electron chi connectivity index (χ1n) is 10.4. The van der Waals surface area contributed by atoms with Crippen LogP contribution in [0.3, 0.4) is 0 Å². The molecule has 7 nitrogen and oxygen atoms in total. The maximum absolute atomic E-state index is 12.9. The van der Waals surface area contributed by atoms with E-state index < -0.39 is 30.1 Å². The van der Waals surface area contributed by atoms with Gasteiger partial charge in [0.25, 0.3) is 0 Å². The SMILES string of the molecule is CCCC[C@@H](NC(=O)OCc1ccccc1)C(=O)N[C@@H](Cc1ccccc1)C(=O)OC. The number of esters is 1. The highest BCUT2D eigenvalue weighted by atomic mass is 16.5. The lowest BCUT2D eigenvalue weighted by Crippen LogP contribution is -2.52. The number of alkyl carbamates (subject to hydrolysis) is 1. The Bertz CT molecular complexity index is 826. The van der Waals surface area contributed by atoms with E-state index in [0.29, 0.717) is 6.42 Å². The standard InChI is InChI=1S/C24H30N2O5/c1-3-4-15-20(26-24(29)31-17-19-13-9-6-10-14-19)22(27)25-21(23(28)30-2)16-18-11-7-5-8-12-18/h5-14,20-21H,3-4,15-17H2,1-2H3,(H,25,27)(H,26,29)/t20-,21+/m1/s1. The summed E-state index contributed by atoms with van der Waals surface area (Å²) in [6.07, 6.45) is 1.63. The van der Waals surface area contributed by atoms with Crippen molar-refractivity contribution >= 4 is 18.0 Å². The van der Waals surface area contributed by atoms with Gasteiger partial charge in [0, 0.05) is 6.42 Å². The van der Waals surface area contributed by atoms with Gasteiger partial charge in [0.15, 0.2) is 0 Å². The molecular weight excluding hydrogens is 396 g/mol. The van der Waals surface area contributed by atoms with Gasteiger partial charge in [-0.05, 0) is 17.5 Å². The Kier molecular flexibility index (Phi) is 10.1. The van der Waals surface area contributed by atoms with Crippen molar-refractivity contribution in [2.24, 2.45) is 0 Å². The molecule has 2 amide bonds. The van der Waals surface area contributed by atoms with Crippen LogP contribution in [-0.4, -0.2) is 37.2 Å². The summed E-state index contributed by atoms with van der Waals surface area (Å²) >= 11 is 0. The van der Waals surface area contributed by atoms with Crippen LogP contribution in [-0.2, 0) is 32.1 Å². The third-order valence-corrected chi connectivity index (χ3v) is 4.75. The molecule has 0 aliphatic rings. The summed E-state index contributed by atoms with van der Waals surface area (Å²) in [5, 5.41) is 5.34. The average molecular weight is 427 g/mol. The molecule has 0 aromatic heterocycles. The summed E-state index contributed by atoms with van der Waals surface area (Å²) in [5.41, 5.74) is 1.74. The first kappa shape index (κ1) is 23.9. The van der Waals surface area contributed by atoms with Crippen molar-refractivity contribution in [3.8, 4) is 0 Å². The highest BCUT2D eigenvalue weighted by Gasteiger charge is 2.27. The molecule has 2 atom stereocenters. The van der Waals surface area contributed by atoms with Gasteiger partial charge in [0.1, 0.15) is 18.7 Å². The first-order chi connectivity index (χ1) is 15.0. The second kappa shape index (κ2) is 13.1. The maximum atomic E-state index is 12.9. The van der Waals surface area contributed by atoms with Crippen LogP contribution in [0.15, 0.2) is 60.7 Å². The fourth-order valence-electron chi connectivity index (χ4n) is 3.04. The van der Waals surface area contributed by atoms with Gasteiger partial charge in [-0.25, -0.2) is 9.59 Å². The second-order valence-electron chi connectivity index (χ2n) is 7.17. The molecule has 0 spiro atoms. The summed E-state index contributed by atoms with van der Waals surface area (Å²) in [6.45, 7) is 2.10. The number of benzene rings is 2. The smallest absolute Gasteiger partial charge is 0.408 e. The van der Waals surface area contributed by atoms with Gasteiger partial charge in [0.2, 0.25) is 5.91 Å².